The van der Waals surface area contributed by atoms with Gasteiger partial charge >= 0.3 is 0 Å². The van der Waals surface area contributed by atoms with E-state index in [1.54, 1.807) is 6.20 Å². The maximum Gasteiger partial charge on any atom is 0.226 e. The van der Waals surface area contributed by atoms with Gasteiger partial charge in [0.15, 0.2) is 5.13 Å². The van der Waals surface area contributed by atoms with E-state index in [4.69, 9.17) is 0 Å². The molecule has 0 saturated heterocycles. The van der Waals surface area contributed by atoms with Gasteiger partial charge in [-0.3, -0.25) is 4.79 Å². The van der Waals surface area contributed by atoms with Gasteiger partial charge in [0.05, 0.1) is 0 Å². The predicted molar refractivity (Wildman–Crippen MR) is 68.7 cm³/mol. The lowest BCUT2D eigenvalue weighted by molar-refractivity contribution is -0.116. The van der Waals surface area contributed by atoms with E-state index in [-0.39, 0.29) is 5.91 Å². The van der Waals surface area contributed by atoms with Gasteiger partial charge in [-0.05, 0) is 6.42 Å². The molecule has 1 amide bonds. The Labute approximate surface area is 101 Å². The maximum absolute atomic E-state index is 11.5. The number of unbranched alkanes of at least 4 members (excludes halogenated alkanes) is 5. The number of nitrogens with one attached hydrogen (secondary N) is 1. The molecule has 1 N–H and O–H groups in total. The van der Waals surface area contributed by atoms with Crippen LogP contribution in [0.1, 0.15) is 51.9 Å². The largest absolute Gasteiger partial charge is 0.302 e. The second kappa shape index (κ2) is 8.28. The van der Waals surface area contributed by atoms with E-state index < -0.39 is 0 Å². The lowest BCUT2D eigenvalue weighted by Gasteiger charge is -2.01. The molecule has 0 radical (unpaired) electrons. The second-order valence-electron chi connectivity index (χ2n) is 3.90. The highest BCUT2D eigenvalue weighted by Gasteiger charge is 2.03. The summed E-state index contributed by atoms with van der Waals surface area (Å²) in [5.74, 6) is 0.0884. The average Bonchev–Trinajstić information content (AvgIpc) is 2.76. The Balaban J connectivity index is 1.98. The smallest absolute Gasteiger partial charge is 0.226 e. The van der Waals surface area contributed by atoms with Gasteiger partial charge in [-0.15, -0.1) is 11.3 Å². The van der Waals surface area contributed by atoms with E-state index in [2.05, 4.69) is 17.2 Å². The number of thiazole rings is 1. The predicted octanol–water partition coefficient (Wildman–Crippen LogP) is 3.83. The first kappa shape index (κ1) is 13.2. The van der Waals surface area contributed by atoms with E-state index in [1.807, 2.05) is 5.38 Å². The SMILES string of the molecule is CCCCCCCCC(=O)Nc1nccs1. The van der Waals surface area contributed by atoms with E-state index in [0.29, 0.717) is 11.6 Å². The molecule has 0 aromatic carbocycles. The first-order chi connectivity index (χ1) is 7.83. The molecular formula is C12H20N2OS. The van der Waals surface area contributed by atoms with Crippen LogP contribution < -0.4 is 5.32 Å². The van der Waals surface area contributed by atoms with Crippen LogP contribution >= 0.6 is 11.3 Å². The zero-order chi connectivity index (χ0) is 11.6. The van der Waals surface area contributed by atoms with Gasteiger partial charge in [0.1, 0.15) is 0 Å². The van der Waals surface area contributed by atoms with Crippen LogP contribution in [0.25, 0.3) is 0 Å². The number of hydrogen-bond acceptors (Lipinski definition) is 3. The highest BCUT2D eigenvalue weighted by atomic mass is 32.1. The lowest BCUT2D eigenvalue weighted by Crippen LogP contribution is -2.10. The topological polar surface area (TPSA) is 42.0 Å². The molecule has 0 fully saturated rings. The minimum Gasteiger partial charge on any atom is -0.302 e. The molecule has 4 heteroatoms. The summed E-state index contributed by atoms with van der Waals surface area (Å²) in [7, 11) is 0. The Hall–Kier alpha value is -0.900. The zero-order valence-corrected chi connectivity index (χ0v) is 10.7. The molecule has 0 bridgehead atoms. The molecule has 0 aliphatic rings. The molecule has 16 heavy (non-hydrogen) atoms. The van der Waals surface area contributed by atoms with Crippen molar-refractivity contribution in [1.82, 2.24) is 4.98 Å². The molecule has 1 heterocycles. The monoisotopic (exact) mass is 240 g/mol. The highest BCUT2D eigenvalue weighted by molar-refractivity contribution is 7.13. The first-order valence-corrected chi connectivity index (χ1v) is 6.90. The number of rotatable bonds is 8. The number of anilines is 1. The van der Waals surface area contributed by atoms with Crippen molar-refractivity contribution >= 4 is 22.4 Å². The highest BCUT2D eigenvalue weighted by Crippen LogP contribution is 2.12. The van der Waals surface area contributed by atoms with Crippen LogP contribution in [-0.2, 0) is 4.79 Å². The Kier molecular flexibility index (Phi) is 6.81. The molecule has 0 aliphatic carbocycles. The molecule has 1 aromatic rings. The van der Waals surface area contributed by atoms with Gasteiger partial charge in [0, 0.05) is 18.0 Å². The Morgan fingerprint density at radius 1 is 1.31 bits per heavy atom. The summed E-state index contributed by atoms with van der Waals surface area (Å²) in [6.07, 6.45) is 9.59. The fourth-order valence-corrected chi connectivity index (χ4v) is 2.08. The molecule has 90 valence electrons. The van der Waals surface area contributed by atoms with Crippen LogP contribution in [0.3, 0.4) is 0 Å². The fraction of sp³-hybridized carbons (Fsp3) is 0.667. The van der Waals surface area contributed by atoms with E-state index in [0.717, 1.165) is 12.8 Å². The second-order valence-corrected chi connectivity index (χ2v) is 4.80. The van der Waals surface area contributed by atoms with Crippen molar-refractivity contribution in [3.63, 3.8) is 0 Å². The average molecular weight is 240 g/mol. The van der Waals surface area contributed by atoms with Crippen LogP contribution in [0.15, 0.2) is 11.6 Å². The lowest BCUT2D eigenvalue weighted by atomic mass is 10.1. The van der Waals surface area contributed by atoms with Crippen LogP contribution in [0, 0.1) is 0 Å². The molecule has 0 aliphatic heterocycles. The van der Waals surface area contributed by atoms with Crippen molar-refractivity contribution in [2.75, 3.05) is 5.32 Å². The van der Waals surface area contributed by atoms with Gasteiger partial charge in [-0.2, -0.15) is 0 Å². The summed E-state index contributed by atoms with van der Waals surface area (Å²) in [5, 5.41) is 5.36. The number of hydrogen-bond donors (Lipinski definition) is 1. The number of aromatic nitrogens is 1. The Morgan fingerprint density at radius 2 is 2.06 bits per heavy atom. The van der Waals surface area contributed by atoms with E-state index in [9.17, 15) is 4.79 Å². The summed E-state index contributed by atoms with van der Waals surface area (Å²) in [5.41, 5.74) is 0. The number of amides is 1. The molecular weight excluding hydrogens is 220 g/mol. The third-order valence-electron chi connectivity index (χ3n) is 2.44. The quantitative estimate of drug-likeness (QED) is 0.702. The standard InChI is InChI=1S/C12H20N2OS/c1-2-3-4-5-6-7-8-11(15)14-12-13-9-10-16-12/h9-10H,2-8H2,1H3,(H,13,14,15). The Morgan fingerprint density at radius 3 is 2.75 bits per heavy atom. The number of nitrogens with zero attached hydrogens (tertiary/aromatic N) is 1. The fourth-order valence-electron chi connectivity index (χ4n) is 1.53. The van der Waals surface area contributed by atoms with Gasteiger partial charge in [0.2, 0.25) is 5.91 Å². The van der Waals surface area contributed by atoms with Crippen molar-refractivity contribution in [3.8, 4) is 0 Å². The van der Waals surface area contributed by atoms with Crippen LogP contribution in [-0.4, -0.2) is 10.9 Å². The maximum atomic E-state index is 11.5. The van der Waals surface area contributed by atoms with Crippen molar-refractivity contribution in [2.45, 2.75) is 51.9 Å². The van der Waals surface area contributed by atoms with Gasteiger partial charge < -0.3 is 5.32 Å². The number of carbonyl (C=O) groups is 1. The van der Waals surface area contributed by atoms with Crippen molar-refractivity contribution < 1.29 is 4.79 Å². The van der Waals surface area contributed by atoms with Crippen molar-refractivity contribution in [1.29, 1.82) is 0 Å². The van der Waals surface area contributed by atoms with Crippen LogP contribution in [0.2, 0.25) is 0 Å². The summed E-state index contributed by atoms with van der Waals surface area (Å²) in [6.45, 7) is 2.21. The van der Waals surface area contributed by atoms with Crippen LogP contribution in [0.4, 0.5) is 5.13 Å². The molecule has 3 nitrogen and oxygen atoms in total. The molecule has 0 saturated carbocycles. The number of carbonyl (C=O) groups excluding carboxylic acids is 1. The summed E-state index contributed by atoms with van der Waals surface area (Å²) < 4.78 is 0. The first-order valence-electron chi connectivity index (χ1n) is 6.02. The van der Waals surface area contributed by atoms with Gasteiger partial charge in [-0.25, -0.2) is 4.98 Å². The van der Waals surface area contributed by atoms with Crippen molar-refractivity contribution in [3.05, 3.63) is 11.6 Å². The zero-order valence-electron chi connectivity index (χ0n) is 9.87. The molecule has 0 spiro atoms. The molecule has 1 rings (SSSR count). The third kappa shape index (κ3) is 5.85. The third-order valence-corrected chi connectivity index (χ3v) is 3.12. The van der Waals surface area contributed by atoms with E-state index >= 15 is 0 Å². The van der Waals surface area contributed by atoms with Crippen LogP contribution in [0.5, 0.6) is 0 Å². The molecule has 0 unspecified atom stereocenters. The summed E-state index contributed by atoms with van der Waals surface area (Å²) in [6, 6.07) is 0. The summed E-state index contributed by atoms with van der Waals surface area (Å²) >= 11 is 1.46. The molecule has 1 aromatic heterocycles. The minimum absolute atomic E-state index is 0.0884. The van der Waals surface area contributed by atoms with Crippen molar-refractivity contribution in [2.24, 2.45) is 0 Å². The normalized spacial score (nSPS) is 10.3. The summed E-state index contributed by atoms with van der Waals surface area (Å²) in [4.78, 5) is 15.5. The van der Waals surface area contributed by atoms with Gasteiger partial charge in [0.25, 0.3) is 0 Å². The van der Waals surface area contributed by atoms with Gasteiger partial charge in [-0.1, -0.05) is 39.0 Å². The Bertz CT molecular complexity index is 285. The van der Waals surface area contributed by atoms with E-state index in [1.165, 1.54) is 37.0 Å². The minimum atomic E-state index is 0.0884. The molecule has 0 atom stereocenters.